The third kappa shape index (κ3) is 4.80. The topological polar surface area (TPSA) is 101 Å². The Kier molecular flexibility index (Phi) is 6.95. The number of benzene rings is 2. The number of amides is 2. The van der Waals surface area contributed by atoms with E-state index in [9.17, 15) is 18.0 Å². The molecule has 1 aromatic heterocycles. The summed E-state index contributed by atoms with van der Waals surface area (Å²) in [6.45, 7) is 1.19. The van der Waals surface area contributed by atoms with Crippen molar-refractivity contribution in [1.29, 1.82) is 0 Å². The van der Waals surface area contributed by atoms with Gasteiger partial charge in [0, 0.05) is 44.3 Å². The van der Waals surface area contributed by atoms with Crippen LogP contribution in [0.25, 0.3) is 17.0 Å². The molecule has 184 valence electrons. The van der Waals surface area contributed by atoms with E-state index in [1.165, 1.54) is 37.5 Å². The van der Waals surface area contributed by atoms with E-state index >= 15 is 0 Å². The molecule has 1 N–H and O–H groups in total. The zero-order valence-electron chi connectivity index (χ0n) is 19.9. The Morgan fingerprint density at radius 1 is 1.03 bits per heavy atom. The van der Waals surface area contributed by atoms with Crippen LogP contribution in [0.3, 0.4) is 0 Å². The number of nitrogens with zero attached hydrogens (tertiary/aromatic N) is 3. The maximum absolute atomic E-state index is 13.4. The third-order valence-electron chi connectivity index (χ3n) is 5.94. The van der Waals surface area contributed by atoms with Crippen molar-refractivity contribution in [3.8, 4) is 5.75 Å². The van der Waals surface area contributed by atoms with Crippen molar-refractivity contribution in [3.63, 3.8) is 0 Å². The first kappa shape index (κ1) is 24.5. The average Bonchev–Trinajstić information content (AvgIpc) is 3.52. The molecule has 0 aliphatic carbocycles. The lowest BCUT2D eigenvalue weighted by molar-refractivity contribution is -0.126. The van der Waals surface area contributed by atoms with Crippen LogP contribution in [-0.4, -0.2) is 67.7 Å². The fraction of sp³-hybridized carbons (Fsp3) is 0.280. The molecule has 1 saturated heterocycles. The van der Waals surface area contributed by atoms with Crippen LogP contribution < -0.4 is 10.1 Å². The van der Waals surface area contributed by atoms with Crippen molar-refractivity contribution in [2.45, 2.75) is 12.8 Å². The SMILES string of the molecule is COc1ccccc1C(=O)N/C(=C\c1cn(S(=O)(=O)N(C)C)c2ccccc12)C(=O)N1CCCC1. The number of rotatable bonds is 7. The van der Waals surface area contributed by atoms with E-state index in [2.05, 4.69) is 5.32 Å². The number of para-hydroxylation sites is 2. The molecule has 0 spiro atoms. The lowest BCUT2D eigenvalue weighted by Gasteiger charge is -2.18. The van der Waals surface area contributed by atoms with Gasteiger partial charge in [-0.3, -0.25) is 9.59 Å². The molecule has 35 heavy (non-hydrogen) atoms. The number of likely N-dealkylation sites (tertiary alicyclic amines) is 1. The van der Waals surface area contributed by atoms with Crippen molar-refractivity contribution in [3.05, 3.63) is 71.6 Å². The molecule has 4 rings (SSSR count). The number of hydrogen-bond acceptors (Lipinski definition) is 5. The largest absolute Gasteiger partial charge is 0.496 e. The van der Waals surface area contributed by atoms with Gasteiger partial charge in [-0.05, 0) is 37.1 Å². The molecular weight excluding hydrogens is 468 g/mol. The summed E-state index contributed by atoms with van der Waals surface area (Å²) in [4.78, 5) is 28.2. The van der Waals surface area contributed by atoms with Gasteiger partial charge in [-0.1, -0.05) is 30.3 Å². The van der Waals surface area contributed by atoms with Gasteiger partial charge in [-0.2, -0.15) is 12.7 Å². The lowest BCUT2D eigenvalue weighted by atomic mass is 10.1. The Labute approximate surface area is 204 Å². The highest BCUT2D eigenvalue weighted by atomic mass is 32.2. The van der Waals surface area contributed by atoms with E-state index in [4.69, 9.17) is 4.74 Å². The first-order valence-corrected chi connectivity index (χ1v) is 12.6. The molecule has 0 radical (unpaired) electrons. The van der Waals surface area contributed by atoms with E-state index in [1.54, 1.807) is 53.4 Å². The number of nitrogens with one attached hydrogen (secondary N) is 1. The highest BCUT2D eigenvalue weighted by molar-refractivity contribution is 7.87. The number of fused-ring (bicyclic) bond motifs is 1. The van der Waals surface area contributed by atoms with Crippen LogP contribution in [0.1, 0.15) is 28.8 Å². The smallest absolute Gasteiger partial charge is 0.307 e. The maximum atomic E-state index is 13.4. The molecule has 0 unspecified atom stereocenters. The van der Waals surface area contributed by atoms with Crippen LogP contribution in [0.4, 0.5) is 0 Å². The van der Waals surface area contributed by atoms with E-state index in [-0.39, 0.29) is 17.2 Å². The van der Waals surface area contributed by atoms with E-state index < -0.39 is 16.1 Å². The van der Waals surface area contributed by atoms with Crippen LogP contribution >= 0.6 is 0 Å². The van der Waals surface area contributed by atoms with Crippen molar-refractivity contribution in [1.82, 2.24) is 18.5 Å². The summed E-state index contributed by atoms with van der Waals surface area (Å²) in [5.74, 6) is -0.435. The van der Waals surface area contributed by atoms with Gasteiger partial charge in [-0.25, -0.2) is 3.97 Å². The Balaban J connectivity index is 1.82. The number of methoxy groups -OCH3 is 1. The second-order valence-corrected chi connectivity index (χ2v) is 10.4. The standard InChI is InChI=1S/C25H28N4O5S/c1-27(2)35(32,33)29-17-18(19-10-4-6-12-22(19)29)16-21(25(31)28-14-8-9-15-28)26-24(30)20-11-5-7-13-23(20)34-3/h4-7,10-13,16-17H,8-9,14-15H2,1-3H3,(H,26,30)/b21-16-. The van der Waals surface area contributed by atoms with Crippen molar-refractivity contribution in [2.24, 2.45) is 0 Å². The summed E-state index contributed by atoms with van der Waals surface area (Å²) in [5.41, 5.74) is 1.31. The summed E-state index contributed by atoms with van der Waals surface area (Å²) >= 11 is 0. The number of hydrogen-bond donors (Lipinski definition) is 1. The minimum Gasteiger partial charge on any atom is -0.496 e. The molecule has 9 nitrogen and oxygen atoms in total. The Bertz CT molecular complexity index is 1400. The normalized spacial score (nSPS) is 14.5. The summed E-state index contributed by atoms with van der Waals surface area (Å²) in [6.07, 6.45) is 4.78. The number of carbonyl (C=O) groups is 2. The number of aromatic nitrogens is 1. The highest BCUT2D eigenvalue weighted by Crippen LogP contribution is 2.26. The third-order valence-corrected chi connectivity index (χ3v) is 7.66. The molecule has 3 aromatic rings. The van der Waals surface area contributed by atoms with E-state index in [0.29, 0.717) is 35.3 Å². The van der Waals surface area contributed by atoms with Gasteiger partial charge < -0.3 is 15.0 Å². The molecule has 1 aliphatic rings. The Morgan fingerprint density at radius 2 is 1.69 bits per heavy atom. The van der Waals surface area contributed by atoms with Gasteiger partial charge in [0.1, 0.15) is 11.4 Å². The molecule has 2 heterocycles. The minimum atomic E-state index is -3.81. The first-order valence-electron chi connectivity index (χ1n) is 11.2. The van der Waals surface area contributed by atoms with Crippen molar-refractivity contribution in [2.75, 3.05) is 34.3 Å². The molecule has 2 amide bonds. The van der Waals surface area contributed by atoms with Crippen molar-refractivity contribution < 1.29 is 22.7 Å². The van der Waals surface area contributed by atoms with Crippen LogP contribution in [0.5, 0.6) is 5.75 Å². The first-order chi connectivity index (χ1) is 16.7. The number of ether oxygens (including phenoxy) is 1. The summed E-state index contributed by atoms with van der Waals surface area (Å²) in [7, 11) is 0.570. The highest BCUT2D eigenvalue weighted by Gasteiger charge is 2.26. The second kappa shape index (κ2) is 9.93. The predicted molar refractivity (Wildman–Crippen MR) is 134 cm³/mol. The second-order valence-electron chi connectivity index (χ2n) is 8.40. The maximum Gasteiger partial charge on any atom is 0.307 e. The monoisotopic (exact) mass is 496 g/mol. The Morgan fingerprint density at radius 3 is 2.37 bits per heavy atom. The van der Waals surface area contributed by atoms with Gasteiger partial charge in [-0.15, -0.1) is 0 Å². The van der Waals surface area contributed by atoms with Crippen LogP contribution in [-0.2, 0) is 15.0 Å². The van der Waals surface area contributed by atoms with Gasteiger partial charge in [0.25, 0.3) is 11.8 Å². The zero-order valence-corrected chi connectivity index (χ0v) is 20.7. The number of carbonyl (C=O) groups excluding carboxylic acids is 2. The van der Waals surface area contributed by atoms with E-state index in [0.717, 1.165) is 17.1 Å². The van der Waals surface area contributed by atoms with E-state index in [1.807, 2.05) is 0 Å². The molecule has 2 aromatic carbocycles. The molecule has 1 aliphatic heterocycles. The molecule has 0 bridgehead atoms. The molecule has 0 atom stereocenters. The Hall–Kier alpha value is -3.63. The summed E-state index contributed by atoms with van der Waals surface area (Å²) < 4.78 is 33.5. The van der Waals surface area contributed by atoms with Gasteiger partial charge in [0.2, 0.25) is 0 Å². The van der Waals surface area contributed by atoms with Crippen LogP contribution in [0.15, 0.2) is 60.4 Å². The molecule has 0 saturated carbocycles. The van der Waals surface area contributed by atoms with Crippen LogP contribution in [0, 0.1) is 0 Å². The van der Waals surface area contributed by atoms with Crippen molar-refractivity contribution >= 4 is 39.0 Å². The molecule has 1 fully saturated rings. The molecule has 10 heteroatoms. The zero-order chi connectivity index (χ0) is 25.2. The predicted octanol–water partition coefficient (Wildman–Crippen LogP) is 2.70. The average molecular weight is 497 g/mol. The fourth-order valence-electron chi connectivity index (χ4n) is 4.08. The minimum absolute atomic E-state index is 0.0629. The fourth-order valence-corrected chi connectivity index (χ4v) is 5.08. The lowest BCUT2D eigenvalue weighted by Crippen LogP contribution is -2.36. The van der Waals surface area contributed by atoms with Gasteiger partial charge in [0.15, 0.2) is 0 Å². The summed E-state index contributed by atoms with van der Waals surface area (Å²) in [5, 5.41) is 3.39. The molecular formula is C25H28N4O5S. The summed E-state index contributed by atoms with van der Waals surface area (Å²) in [6, 6.07) is 13.8. The van der Waals surface area contributed by atoms with Gasteiger partial charge in [0.05, 0.1) is 18.2 Å². The van der Waals surface area contributed by atoms with Gasteiger partial charge >= 0.3 is 10.2 Å². The van der Waals surface area contributed by atoms with Crippen LogP contribution in [0.2, 0.25) is 0 Å². The quantitative estimate of drug-likeness (QED) is 0.507.